The van der Waals surface area contributed by atoms with E-state index in [1.165, 1.54) is 0 Å². The Bertz CT molecular complexity index is 229. The molecule has 0 amide bonds. The number of ether oxygens (including phenoxy) is 2. The Labute approximate surface area is 83.0 Å². The fourth-order valence-corrected chi connectivity index (χ4v) is 1.15. The summed E-state index contributed by atoms with van der Waals surface area (Å²) in [6.45, 7) is 1.46. The van der Waals surface area contributed by atoms with Crippen molar-refractivity contribution in [2.75, 3.05) is 26.9 Å². The second-order valence-corrected chi connectivity index (χ2v) is 3.10. The van der Waals surface area contributed by atoms with Crippen LogP contribution in [0, 0.1) is 0 Å². The summed E-state index contributed by atoms with van der Waals surface area (Å²) in [6, 6.07) is -0.0311. The van der Waals surface area contributed by atoms with Crippen LogP contribution in [0.5, 0.6) is 0 Å². The molecule has 1 saturated heterocycles. The minimum atomic E-state index is -0.0344. The van der Waals surface area contributed by atoms with Gasteiger partial charge in [-0.3, -0.25) is 4.99 Å². The highest BCUT2D eigenvalue weighted by Gasteiger charge is 2.23. The molecule has 2 unspecified atom stereocenters. The predicted molar refractivity (Wildman–Crippen MR) is 54.6 cm³/mol. The number of hydrogen-bond donors (Lipinski definition) is 2. The van der Waals surface area contributed by atoms with E-state index in [1.54, 1.807) is 13.3 Å². The number of hydrazone groups is 1. The second kappa shape index (κ2) is 5.69. The average molecular weight is 200 g/mol. The van der Waals surface area contributed by atoms with Crippen molar-refractivity contribution in [3.63, 3.8) is 0 Å². The Morgan fingerprint density at radius 3 is 2.93 bits per heavy atom. The van der Waals surface area contributed by atoms with Crippen LogP contribution in [0.1, 0.15) is 0 Å². The standard InChI is InChI=1S/C8H16N4O2/c1-13-3-6(12-10)2-11-8-5-14-4-7(8)9/h2,7-8H,3-5,9-10H2,1H3/b11-2?,12-6+. The van der Waals surface area contributed by atoms with Crippen molar-refractivity contribution in [1.82, 2.24) is 0 Å². The van der Waals surface area contributed by atoms with E-state index in [9.17, 15) is 0 Å². The molecule has 2 atom stereocenters. The van der Waals surface area contributed by atoms with Gasteiger partial charge in [0.05, 0.1) is 31.9 Å². The molecule has 0 spiro atoms. The van der Waals surface area contributed by atoms with Crippen molar-refractivity contribution >= 4 is 11.9 Å². The smallest absolute Gasteiger partial charge is 0.103 e. The zero-order chi connectivity index (χ0) is 10.4. The first-order valence-corrected chi connectivity index (χ1v) is 4.40. The summed E-state index contributed by atoms with van der Waals surface area (Å²) in [6.07, 6.45) is 1.59. The molecular formula is C8H16N4O2. The molecule has 6 nitrogen and oxygen atoms in total. The molecule has 1 heterocycles. The molecular weight excluding hydrogens is 184 g/mol. The van der Waals surface area contributed by atoms with Crippen LogP contribution < -0.4 is 11.6 Å². The average Bonchev–Trinajstić information content (AvgIpc) is 2.59. The van der Waals surface area contributed by atoms with Crippen LogP contribution in [0.15, 0.2) is 10.1 Å². The number of nitrogens with zero attached hydrogens (tertiary/aromatic N) is 2. The van der Waals surface area contributed by atoms with Gasteiger partial charge in [0.1, 0.15) is 5.71 Å². The van der Waals surface area contributed by atoms with Crippen molar-refractivity contribution in [1.29, 1.82) is 0 Å². The molecule has 1 aliphatic heterocycles. The number of rotatable bonds is 4. The third-order valence-electron chi connectivity index (χ3n) is 1.97. The van der Waals surface area contributed by atoms with Gasteiger partial charge >= 0.3 is 0 Å². The Morgan fingerprint density at radius 2 is 2.43 bits per heavy atom. The fourth-order valence-electron chi connectivity index (χ4n) is 1.15. The summed E-state index contributed by atoms with van der Waals surface area (Å²) in [4.78, 5) is 4.23. The Kier molecular flexibility index (Phi) is 4.51. The Balaban J connectivity index is 2.44. The van der Waals surface area contributed by atoms with Crippen LogP contribution in [0.2, 0.25) is 0 Å². The lowest BCUT2D eigenvalue weighted by Gasteiger charge is -2.06. The third-order valence-corrected chi connectivity index (χ3v) is 1.97. The lowest BCUT2D eigenvalue weighted by atomic mass is 10.2. The Hall–Kier alpha value is -0.980. The van der Waals surface area contributed by atoms with E-state index in [-0.39, 0.29) is 12.1 Å². The maximum atomic E-state index is 5.74. The number of hydrogen-bond acceptors (Lipinski definition) is 6. The molecule has 0 bridgehead atoms. The maximum Gasteiger partial charge on any atom is 0.103 e. The molecule has 0 radical (unpaired) electrons. The van der Waals surface area contributed by atoms with E-state index < -0.39 is 0 Å². The molecule has 0 saturated carbocycles. The largest absolute Gasteiger partial charge is 0.378 e. The van der Waals surface area contributed by atoms with Gasteiger partial charge in [-0.2, -0.15) is 5.10 Å². The number of aliphatic imine (C=N–C) groups is 1. The van der Waals surface area contributed by atoms with Crippen LogP contribution in [-0.2, 0) is 9.47 Å². The summed E-state index contributed by atoms with van der Waals surface area (Å²) in [7, 11) is 1.57. The first-order chi connectivity index (χ1) is 6.77. The molecule has 4 N–H and O–H groups in total. The van der Waals surface area contributed by atoms with E-state index in [0.717, 1.165) is 0 Å². The predicted octanol–water partition coefficient (Wildman–Crippen LogP) is -1.26. The van der Waals surface area contributed by atoms with E-state index in [4.69, 9.17) is 21.1 Å². The molecule has 0 aromatic heterocycles. The van der Waals surface area contributed by atoms with Crippen molar-refractivity contribution < 1.29 is 9.47 Å². The molecule has 14 heavy (non-hydrogen) atoms. The van der Waals surface area contributed by atoms with Crippen molar-refractivity contribution in [3.05, 3.63) is 0 Å². The Morgan fingerprint density at radius 1 is 1.64 bits per heavy atom. The van der Waals surface area contributed by atoms with E-state index in [1.807, 2.05) is 0 Å². The van der Waals surface area contributed by atoms with Gasteiger partial charge in [-0.1, -0.05) is 0 Å². The zero-order valence-electron chi connectivity index (χ0n) is 8.22. The molecule has 1 fully saturated rings. The minimum absolute atomic E-state index is 0.00334. The molecule has 80 valence electrons. The quantitative estimate of drug-likeness (QED) is 0.336. The summed E-state index contributed by atoms with van der Waals surface area (Å²) in [5.41, 5.74) is 6.33. The van der Waals surface area contributed by atoms with Crippen LogP contribution in [0.4, 0.5) is 0 Å². The first kappa shape index (κ1) is 11.1. The highest BCUT2D eigenvalue weighted by Crippen LogP contribution is 2.06. The summed E-state index contributed by atoms with van der Waals surface area (Å²) in [5, 5.41) is 3.52. The minimum Gasteiger partial charge on any atom is -0.378 e. The number of methoxy groups -OCH3 is 1. The van der Waals surface area contributed by atoms with Gasteiger partial charge in [-0.15, -0.1) is 0 Å². The fraction of sp³-hybridized carbons (Fsp3) is 0.750. The molecule has 1 aliphatic rings. The molecule has 1 rings (SSSR count). The van der Waals surface area contributed by atoms with Crippen LogP contribution >= 0.6 is 0 Å². The topological polar surface area (TPSA) is 95.2 Å². The van der Waals surface area contributed by atoms with Crippen LogP contribution in [-0.4, -0.2) is 50.9 Å². The highest BCUT2D eigenvalue weighted by atomic mass is 16.5. The van der Waals surface area contributed by atoms with Gasteiger partial charge in [0.2, 0.25) is 0 Å². The summed E-state index contributed by atoms with van der Waals surface area (Å²) < 4.78 is 10.0. The van der Waals surface area contributed by atoms with Crippen molar-refractivity contribution in [3.8, 4) is 0 Å². The van der Waals surface area contributed by atoms with Crippen molar-refractivity contribution in [2.45, 2.75) is 12.1 Å². The molecule has 6 heteroatoms. The van der Waals surface area contributed by atoms with Gasteiger partial charge in [0, 0.05) is 13.3 Å². The first-order valence-electron chi connectivity index (χ1n) is 4.40. The van der Waals surface area contributed by atoms with Gasteiger partial charge in [-0.05, 0) is 0 Å². The summed E-state index contributed by atoms with van der Waals surface area (Å²) in [5.74, 6) is 5.13. The monoisotopic (exact) mass is 200 g/mol. The van der Waals surface area contributed by atoms with Gasteiger partial charge in [0.15, 0.2) is 0 Å². The lowest BCUT2D eigenvalue weighted by Crippen LogP contribution is -2.32. The van der Waals surface area contributed by atoms with E-state index >= 15 is 0 Å². The lowest BCUT2D eigenvalue weighted by molar-refractivity contribution is 0.191. The van der Waals surface area contributed by atoms with Crippen LogP contribution in [0.25, 0.3) is 0 Å². The maximum absolute atomic E-state index is 5.74. The third kappa shape index (κ3) is 3.06. The van der Waals surface area contributed by atoms with Gasteiger partial charge < -0.3 is 21.1 Å². The second-order valence-electron chi connectivity index (χ2n) is 3.10. The van der Waals surface area contributed by atoms with E-state index in [2.05, 4.69) is 10.1 Å². The van der Waals surface area contributed by atoms with E-state index in [0.29, 0.717) is 25.5 Å². The number of nitrogens with two attached hydrogens (primary N) is 2. The van der Waals surface area contributed by atoms with Gasteiger partial charge in [-0.25, -0.2) is 0 Å². The van der Waals surface area contributed by atoms with Crippen LogP contribution in [0.3, 0.4) is 0 Å². The zero-order valence-corrected chi connectivity index (χ0v) is 8.22. The normalized spacial score (nSPS) is 28.9. The van der Waals surface area contributed by atoms with Crippen molar-refractivity contribution in [2.24, 2.45) is 21.7 Å². The SMILES string of the molecule is COC/C(C=NC1COCC1N)=N/N. The highest BCUT2D eigenvalue weighted by molar-refractivity contribution is 6.31. The van der Waals surface area contributed by atoms with Gasteiger partial charge in [0.25, 0.3) is 0 Å². The summed E-state index contributed by atoms with van der Waals surface area (Å²) >= 11 is 0. The molecule has 0 aromatic carbocycles. The molecule has 0 aromatic rings. The molecule has 0 aliphatic carbocycles.